The summed E-state index contributed by atoms with van der Waals surface area (Å²) < 4.78 is 3.21. The van der Waals surface area contributed by atoms with Gasteiger partial charge in [-0.15, -0.1) is 0 Å². The van der Waals surface area contributed by atoms with Crippen molar-refractivity contribution in [2.24, 2.45) is 0 Å². The van der Waals surface area contributed by atoms with Crippen molar-refractivity contribution >= 4 is 15.9 Å². The average Bonchev–Trinajstić information content (AvgIpc) is 2.65. The van der Waals surface area contributed by atoms with Crippen LogP contribution in [0.4, 0.5) is 0 Å². The number of nitrogens with one attached hydrogen (secondary N) is 1. The van der Waals surface area contributed by atoms with E-state index in [1.807, 2.05) is 12.3 Å². The van der Waals surface area contributed by atoms with Crippen LogP contribution in [0, 0.1) is 0 Å². The van der Waals surface area contributed by atoms with Crippen LogP contribution in [-0.4, -0.2) is 22.9 Å². The highest BCUT2D eigenvalue weighted by Crippen LogP contribution is 2.29. The molecule has 0 aromatic carbocycles. The molecule has 0 radical (unpaired) electrons. The number of nitrogens with zero attached hydrogens (tertiary/aromatic N) is 2. The largest absolute Gasteiger partial charge is 0.317 e. The zero-order valence-corrected chi connectivity index (χ0v) is 10.00. The monoisotopic (exact) mass is 257 g/mol. The van der Waals surface area contributed by atoms with Gasteiger partial charge in [-0.2, -0.15) is 5.10 Å². The molecular formula is C10H16BrN3. The van der Waals surface area contributed by atoms with Crippen molar-refractivity contribution in [1.82, 2.24) is 15.1 Å². The molecule has 1 heterocycles. The molecule has 1 fully saturated rings. The smallest absolute Gasteiger partial charge is 0.104 e. The normalized spacial score (nSPS) is 27.9. The molecule has 1 aromatic rings. The molecule has 3 nitrogen and oxygen atoms in total. The Balaban J connectivity index is 1.99. The molecule has 1 aliphatic rings. The summed E-state index contributed by atoms with van der Waals surface area (Å²) in [6.07, 6.45) is 6.83. The summed E-state index contributed by atoms with van der Waals surface area (Å²) >= 11 is 3.52. The minimum absolute atomic E-state index is 0.587. The Hall–Kier alpha value is -0.350. The van der Waals surface area contributed by atoms with Crippen molar-refractivity contribution in [2.75, 3.05) is 7.05 Å². The number of hydrogen-bond acceptors (Lipinski definition) is 2. The van der Waals surface area contributed by atoms with Crippen LogP contribution in [0.3, 0.4) is 0 Å². The Morgan fingerprint density at radius 2 is 2.14 bits per heavy atom. The maximum absolute atomic E-state index is 4.34. The molecule has 1 aromatic heterocycles. The van der Waals surface area contributed by atoms with Crippen molar-refractivity contribution in [3.8, 4) is 0 Å². The summed E-state index contributed by atoms with van der Waals surface area (Å²) in [5, 5.41) is 7.68. The number of aromatic nitrogens is 2. The van der Waals surface area contributed by atoms with Crippen LogP contribution in [0.15, 0.2) is 16.9 Å². The summed E-state index contributed by atoms with van der Waals surface area (Å²) in [4.78, 5) is 0. The van der Waals surface area contributed by atoms with Crippen LogP contribution in [0.2, 0.25) is 0 Å². The first kappa shape index (κ1) is 10.2. The van der Waals surface area contributed by atoms with E-state index >= 15 is 0 Å². The third-order valence-corrected chi connectivity index (χ3v) is 3.70. The van der Waals surface area contributed by atoms with Crippen molar-refractivity contribution in [1.29, 1.82) is 0 Å². The Morgan fingerprint density at radius 1 is 1.43 bits per heavy atom. The maximum Gasteiger partial charge on any atom is 0.104 e. The van der Waals surface area contributed by atoms with E-state index in [-0.39, 0.29) is 0 Å². The minimum Gasteiger partial charge on any atom is -0.317 e. The standard InChI is InChI=1S/C10H16BrN3/c1-12-8-2-4-9(5-3-8)14-10(11)6-7-13-14/h6-9,12H,2-5H2,1H3. The number of hydrogen-bond donors (Lipinski definition) is 1. The van der Waals surface area contributed by atoms with Gasteiger partial charge in [0.05, 0.1) is 12.2 Å². The Bertz CT molecular complexity index is 289. The zero-order valence-electron chi connectivity index (χ0n) is 8.41. The van der Waals surface area contributed by atoms with E-state index in [0.29, 0.717) is 12.1 Å². The molecule has 0 bridgehead atoms. The van der Waals surface area contributed by atoms with Crippen molar-refractivity contribution in [3.63, 3.8) is 0 Å². The lowest BCUT2D eigenvalue weighted by atomic mass is 9.91. The van der Waals surface area contributed by atoms with E-state index in [9.17, 15) is 0 Å². The van der Waals surface area contributed by atoms with E-state index < -0.39 is 0 Å². The lowest BCUT2D eigenvalue weighted by Crippen LogP contribution is -2.31. The second kappa shape index (κ2) is 4.45. The van der Waals surface area contributed by atoms with Gasteiger partial charge in [0.15, 0.2) is 0 Å². The van der Waals surface area contributed by atoms with E-state index in [4.69, 9.17) is 0 Å². The quantitative estimate of drug-likeness (QED) is 0.882. The van der Waals surface area contributed by atoms with Gasteiger partial charge < -0.3 is 5.32 Å². The fourth-order valence-electron chi connectivity index (χ4n) is 2.18. The van der Waals surface area contributed by atoms with Crippen LogP contribution in [0.1, 0.15) is 31.7 Å². The van der Waals surface area contributed by atoms with Crippen molar-refractivity contribution < 1.29 is 0 Å². The summed E-state index contributed by atoms with van der Waals surface area (Å²) in [7, 11) is 2.05. The summed E-state index contributed by atoms with van der Waals surface area (Å²) in [5.74, 6) is 0. The van der Waals surface area contributed by atoms with E-state index in [1.54, 1.807) is 0 Å². The van der Waals surface area contributed by atoms with Crippen LogP contribution < -0.4 is 5.32 Å². The molecule has 1 saturated carbocycles. The predicted octanol–water partition coefficient (Wildman–Crippen LogP) is 2.35. The molecule has 0 unspecified atom stereocenters. The second-order valence-electron chi connectivity index (χ2n) is 3.89. The van der Waals surface area contributed by atoms with E-state index in [0.717, 1.165) is 4.60 Å². The molecule has 1 aliphatic carbocycles. The van der Waals surface area contributed by atoms with Crippen molar-refractivity contribution in [2.45, 2.75) is 37.8 Å². The minimum atomic E-state index is 0.587. The molecule has 0 amide bonds. The van der Waals surface area contributed by atoms with Gasteiger partial charge >= 0.3 is 0 Å². The van der Waals surface area contributed by atoms with Gasteiger partial charge in [0, 0.05) is 6.04 Å². The van der Waals surface area contributed by atoms with Gasteiger partial charge in [-0.3, -0.25) is 4.68 Å². The first-order valence-electron chi connectivity index (χ1n) is 5.17. The second-order valence-corrected chi connectivity index (χ2v) is 4.71. The molecule has 0 aliphatic heterocycles. The first-order valence-corrected chi connectivity index (χ1v) is 5.97. The topological polar surface area (TPSA) is 29.9 Å². The van der Waals surface area contributed by atoms with Crippen LogP contribution in [0.5, 0.6) is 0 Å². The molecule has 14 heavy (non-hydrogen) atoms. The fraction of sp³-hybridized carbons (Fsp3) is 0.700. The van der Waals surface area contributed by atoms with E-state index in [2.05, 4.69) is 38.1 Å². The van der Waals surface area contributed by atoms with Crippen molar-refractivity contribution in [3.05, 3.63) is 16.9 Å². The predicted molar refractivity (Wildman–Crippen MR) is 60.3 cm³/mol. The van der Waals surface area contributed by atoms with Gasteiger partial charge in [0.2, 0.25) is 0 Å². The van der Waals surface area contributed by atoms with Gasteiger partial charge in [-0.1, -0.05) is 0 Å². The van der Waals surface area contributed by atoms with Gasteiger partial charge in [0.1, 0.15) is 4.60 Å². The molecule has 78 valence electrons. The highest BCUT2D eigenvalue weighted by atomic mass is 79.9. The SMILES string of the molecule is CNC1CCC(n2nccc2Br)CC1. The summed E-state index contributed by atoms with van der Waals surface area (Å²) in [6.45, 7) is 0. The van der Waals surface area contributed by atoms with Gasteiger partial charge in [-0.25, -0.2) is 0 Å². The zero-order chi connectivity index (χ0) is 9.97. The van der Waals surface area contributed by atoms with Gasteiger partial charge in [0.25, 0.3) is 0 Å². The van der Waals surface area contributed by atoms with E-state index in [1.165, 1.54) is 25.7 Å². The lowest BCUT2D eigenvalue weighted by Gasteiger charge is -2.28. The van der Waals surface area contributed by atoms with Gasteiger partial charge in [-0.05, 0) is 54.7 Å². The molecule has 1 N–H and O–H groups in total. The van der Waals surface area contributed by atoms with Crippen LogP contribution in [-0.2, 0) is 0 Å². The molecular weight excluding hydrogens is 242 g/mol. The lowest BCUT2D eigenvalue weighted by molar-refractivity contribution is 0.281. The maximum atomic E-state index is 4.34. The third kappa shape index (κ3) is 2.01. The average molecular weight is 258 g/mol. The highest BCUT2D eigenvalue weighted by molar-refractivity contribution is 9.10. The molecule has 0 atom stereocenters. The van der Waals surface area contributed by atoms with Crippen LogP contribution in [0.25, 0.3) is 0 Å². The Labute approximate surface area is 93.0 Å². The molecule has 0 spiro atoms. The number of halogens is 1. The first-order chi connectivity index (χ1) is 6.81. The van der Waals surface area contributed by atoms with Crippen LogP contribution >= 0.6 is 15.9 Å². The number of rotatable bonds is 2. The Morgan fingerprint density at radius 3 is 2.64 bits per heavy atom. The summed E-state index contributed by atoms with van der Waals surface area (Å²) in [6, 6.07) is 3.30. The molecule has 2 rings (SSSR count). The summed E-state index contributed by atoms with van der Waals surface area (Å²) in [5.41, 5.74) is 0. The molecule has 0 saturated heterocycles. The Kier molecular flexibility index (Phi) is 3.23. The molecule has 4 heteroatoms. The highest BCUT2D eigenvalue weighted by Gasteiger charge is 2.22. The fourth-order valence-corrected chi connectivity index (χ4v) is 2.68. The third-order valence-electron chi connectivity index (χ3n) is 3.07.